The van der Waals surface area contributed by atoms with E-state index in [1.165, 1.54) is 15.6 Å². The van der Waals surface area contributed by atoms with E-state index in [0.717, 1.165) is 23.8 Å². The summed E-state index contributed by atoms with van der Waals surface area (Å²) in [5.74, 6) is 0. The van der Waals surface area contributed by atoms with Crippen molar-refractivity contribution in [2.24, 2.45) is 0 Å². The van der Waals surface area contributed by atoms with Gasteiger partial charge in [-0.2, -0.15) is 17.4 Å². The molecule has 6 nitrogen and oxygen atoms in total. The van der Waals surface area contributed by atoms with E-state index in [9.17, 15) is 8.42 Å². The van der Waals surface area contributed by atoms with Gasteiger partial charge in [0, 0.05) is 37.3 Å². The molecule has 1 aromatic rings. The molecule has 0 saturated carbocycles. The van der Waals surface area contributed by atoms with Crippen molar-refractivity contribution in [2.45, 2.75) is 19.9 Å². The van der Waals surface area contributed by atoms with Crippen molar-refractivity contribution in [3.05, 3.63) is 16.1 Å². The van der Waals surface area contributed by atoms with Crippen molar-refractivity contribution in [2.75, 3.05) is 33.2 Å². The molecule has 108 valence electrons. The van der Waals surface area contributed by atoms with Crippen molar-refractivity contribution in [3.8, 4) is 0 Å². The number of nitrogens with zero attached hydrogens (tertiary/aromatic N) is 3. The number of rotatable bonds is 4. The number of hydrogen-bond donors (Lipinski definition) is 1. The van der Waals surface area contributed by atoms with Gasteiger partial charge >= 0.3 is 0 Å². The number of hydrogen-bond acceptors (Lipinski definition) is 5. The first kappa shape index (κ1) is 14.9. The molecule has 0 unspecified atom stereocenters. The molecule has 1 aromatic heterocycles. The molecule has 0 aromatic carbocycles. The Labute approximate surface area is 118 Å². The summed E-state index contributed by atoms with van der Waals surface area (Å²) in [4.78, 5) is 6.44. The van der Waals surface area contributed by atoms with Gasteiger partial charge in [0.1, 0.15) is 5.01 Å². The largest absolute Gasteiger partial charge is 0.304 e. The second kappa shape index (κ2) is 5.84. The maximum atomic E-state index is 12.3. The standard InChI is InChI=1S/C11H20N4O2S2/c1-9-8-18-11(12-9)10(2)13-19(16,17)15-6-4-14(3)5-7-15/h8,10,13H,4-7H2,1-3H3/t10-/m0/s1. The number of thiazole rings is 1. The van der Waals surface area contributed by atoms with Crippen LogP contribution in [0, 0.1) is 6.92 Å². The summed E-state index contributed by atoms with van der Waals surface area (Å²) in [5, 5.41) is 2.73. The van der Waals surface area contributed by atoms with Gasteiger partial charge in [0.05, 0.1) is 6.04 Å². The smallest absolute Gasteiger partial charge is 0.280 e. The minimum absolute atomic E-state index is 0.289. The quantitative estimate of drug-likeness (QED) is 0.884. The van der Waals surface area contributed by atoms with E-state index >= 15 is 0 Å². The Balaban J connectivity index is 2.01. The highest BCUT2D eigenvalue weighted by Gasteiger charge is 2.27. The molecule has 1 fully saturated rings. The van der Waals surface area contributed by atoms with Crippen LogP contribution >= 0.6 is 11.3 Å². The van der Waals surface area contributed by atoms with Gasteiger partial charge in [0.25, 0.3) is 10.2 Å². The Morgan fingerprint density at radius 2 is 2.00 bits per heavy atom. The molecule has 1 saturated heterocycles. The zero-order valence-corrected chi connectivity index (χ0v) is 13.1. The molecular formula is C11H20N4O2S2. The fraction of sp³-hybridized carbons (Fsp3) is 0.727. The fourth-order valence-electron chi connectivity index (χ4n) is 1.95. The number of likely N-dealkylation sites (N-methyl/N-ethyl adjacent to an activating group) is 1. The topological polar surface area (TPSA) is 65.5 Å². The highest BCUT2D eigenvalue weighted by molar-refractivity contribution is 7.87. The van der Waals surface area contributed by atoms with Gasteiger partial charge in [-0.15, -0.1) is 11.3 Å². The average Bonchev–Trinajstić information content (AvgIpc) is 2.76. The first-order chi connectivity index (χ1) is 8.88. The van der Waals surface area contributed by atoms with E-state index in [-0.39, 0.29) is 6.04 Å². The summed E-state index contributed by atoms with van der Waals surface area (Å²) in [5.41, 5.74) is 0.922. The normalized spacial score (nSPS) is 20.6. The third-order valence-electron chi connectivity index (χ3n) is 3.14. The van der Waals surface area contributed by atoms with Crippen molar-refractivity contribution in [1.82, 2.24) is 18.9 Å². The van der Waals surface area contributed by atoms with Crippen LogP contribution in [0.2, 0.25) is 0 Å². The Kier molecular flexibility index (Phi) is 4.57. The van der Waals surface area contributed by atoms with E-state index in [2.05, 4.69) is 14.6 Å². The van der Waals surface area contributed by atoms with Gasteiger partial charge in [0.15, 0.2) is 0 Å². The summed E-state index contributed by atoms with van der Waals surface area (Å²) in [6, 6.07) is -0.289. The number of aromatic nitrogens is 1. The molecule has 19 heavy (non-hydrogen) atoms. The molecule has 1 aliphatic heterocycles. The van der Waals surface area contributed by atoms with Crippen molar-refractivity contribution < 1.29 is 8.42 Å². The van der Waals surface area contributed by atoms with Crippen LogP contribution in [-0.4, -0.2) is 55.8 Å². The zero-order chi connectivity index (χ0) is 14.0. The first-order valence-electron chi connectivity index (χ1n) is 6.26. The van der Waals surface area contributed by atoms with Crippen LogP contribution in [0.4, 0.5) is 0 Å². The SMILES string of the molecule is Cc1csc([C@H](C)NS(=O)(=O)N2CCN(C)CC2)n1. The monoisotopic (exact) mass is 304 g/mol. The molecule has 1 atom stereocenters. The fourth-order valence-corrected chi connectivity index (χ4v) is 4.18. The molecule has 2 rings (SSSR count). The van der Waals surface area contributed by atoms with E-state index < -0.39 is 10.2 Å². The van der Waals surface area contributed by atoms with Gasteiger partial charge < -0.3 is 4.90 Å². The van der Waals surface area contributed by atoms with Crippen LogP contribution < -0.4 is 4.72 Å². The maximum Gasteiger partial charge on any atom is 0.280 e. The average molecular weight is 304 g/mol. The summed E-state index contributed by atoms with van der Waals surface area (Å²) < 4.78 is 28.7. The van der Waals surface area contributed by atoms with Crippen LogP contribution in [0.1, 0.15) is 23.7 Å². The first-order valence-corrected chi connectivity index (χ1v) is 8.58. The summed E-state index contributed by atoms with van der Waals surface area (Å²) in [7, 11) is -1.42. The van der Waals surface area contributed by atoms with E-state index in [0.29, 0.717) is 13.1 Å². The molecule has 0 spiro atoms. The predicted octanol–water partition coefficient (Wildman–Crippen LogP) is 0.594. The van der Waals surface area contributed by atoms with Gasteiger partial charge in [-0.25, -0.2) is 4.98 Å². The minimum Gasteiger partial charge on any atom is -0.304 e. The van der Waals surface area contributed by atoms with Crippen LogP contribution in [0.25, 0.3) is 0 Å². The molecule has 0 radical (unpaired) electrons. The van der Waals surface area contributed by atoms with E-state index in [4.69, 9.17) is 0 Å². The van der Waals surface area contributed by atoms with Crippen molar-refractivity contribution in [1.29, 1.82) is 0 Å². The molecule has 0 amide bonds. The van der Waals surface area contributed by atoms with Gasteiger partial charge in [-0.1, -0.05) is 0 Å². The van der Waals surface area contributed by atoms with Gasteiger partial charge in [0.2, 0.25) is 0 Å². The van der Waals surface area contributed by atoms with E-state index in [1.807, 2.05) is 26.3 Å². The summed E-state index contributed by atoms with van der Waals surface area (Å²) >= 11 is 1.48. The third-order valence-corrected chi connectivity index (χ3v) is 5.98. The Hall–Kier alpha value is -0.540. The molecule has 2 heterocycles. The molecular weight excluding hydrogens is 284 g/mol. The van der Waals surface area contributed by atoms with Gasteiger partial charge in [-0.3, -0.25) is 0 Å². The molecule has 0 bridgehead atoms. The second-order valence-corrected chi connectivity index (χ2v) is 7.47. The summed E-state index contributed by atoms with van der Waals surface area (Å²) in [6.45, 7) is 6.34. The van der Waals surface area contributed by atoms with Crippen LogP contribution in [0.5, 0.6) is 0 Å². The minimum atomic E-state index is -3.42. The Morgan fingerprint density at radius 3 is 2.53 bits per heavy atom. The third kappa shape index (κ3) is 3.73. The van der Waals surface area contributed by atoms with E-state index in [1.54, 1.807) is 0 Å². The lowest BCUT2D eigenvalue weighted by Crippen LogP contribution is -2.51. The molecule has 1 N–H and O–H groups in total. The molecule has 8 heteroatoms. The second-order valence-electron chi connectivity index (χ2n) is 4.87. The number of aryl methyl sites for hydroxylation is 1. The maximum absolute atomic E-state index is 12.3. The van der Waals surface area contributed by atoms with Gasteiger partial charge in [-0.05, 0) is 20.9 Å². The highest BCUT2D eigenvalue weighted by atomic mass is 32.2. The van der Waals surface area contributed by atoms with Crippen LogP contribution in [-0.2, 0) is 10.2 Å². The number of nitrogens with one attached hydrogen (secondary N) is 1. The van der Waals surface area contributed by atoms with Crippen LogP contribution in [0.3, 0.4) is 0 Å². The lowest BCUT2D eigenvalue weighted by molar-refractivity contribution is 0.220. The Morgan fingerprint density at radius 1 is 1.37 bits per heavy atom. The summed E-state index contributed by atoms with van der Waals surface area (Å²) in [6.07, 6.45) is 0. The van der Waals surface area contributed by atoms with Crippen molar-refractivity contribution in [3.63, 3.8) is 0 Å². The zero-order valence-electron chi connectivity index (χ0n) is 11.5. The lowest BCUT2D eigenvalue weighted by atomic mass is 10.4. The highest BCUT2D eigenvalue weighted by Crippen LogP contribution is 2.19. The lowest BCUT2D eigenvalue weighted by Gasteiger charge is -2.32. The predicted molar refractivity (Wildman–Crippen MR) is 76.4 cm³/mol. The van der Waals surface area contributed by atoms with Crippen LogP contribution in [0.15, 0.2) is 5.38 Å². The van der Waals surface area contributed by atoms with Crippen molar-refractivity contribution >= 4 is 21.5 Å². The molecule has 1 aliphatic rings. The molecule has 0 aliphatic carbocycles. The number of piperazine rings is 1. The Bertz CT molecular complexity index is 521.